The average Bonchev–Trinajstić information content (AvgIpc) is 3.09. The van der Waals surface area contributed by atoms with Gasteiger partial charge in [-0.2, -0.15) is 0 Å². The van der Waals surface area contributed by atoms with E-state index in [2.05, 4.69) is 91.3 Å². The summed E-state index contributed by atoms with van der Waals surface area (Å²) in [6, 6.07) is 27.5. The summed E-state index contributed by atoms with van der Waals surface area (Å²) >= 11 is 0. The summed E-state index contributed by atoms with van der Waals surface area (Å²) in [6.07, 6.45) is 2.28. The fourth-order valence-corrected chi connectivity index (χ4v) is 3.64. The molecule has 0 aliphatic heterocycles. The lowest BCUT2D eigenvalue weighted by molar-refractivity contribution is 0.414. The summed E-state index contributed by atoms with van der Waals surface area (Å²) in [5.41, 5.74) is 4.89. The van der Waals surface area contributed by atoms with Gasteiger partial charge in [-0.3, -0.25) is 0 Å². The fraction of sp³-hybridized carbons (Fsp3) is 0.167. The number of benzene rings is 3. The highest BCUT2D eigenvalue weighted by atomic mass is 16.5. The summed E-state index contributed by atoms with van der Waals surface area (Å²) in [5.74, 6) is 0.885. The van der Waals surface area contributed by atoms with Crippen molar-refractivity contribution in [2.24, 2.45) is 0 Å². The van der Waals surface area contributed by atoms with Crippen LogP contribution in [-0.2, 0) is 5.41 Å². The molecule has 0 bridgehead atoms. The Morgan fingerprint density at radius 1 is 0.769 bits per heavy atom. The minimum Gasteiger partial charge on any atom is -0.497 e. The number of nitrogens with zero attached hydrogens (tertiary/aromatic N) is 1. The van der Waals surface area contributed by atoms with Crippen molar-refractivity contribution in [1.29, 1.82) is 0 Å². The summed E-state index contributed by atoms with van der Waals surface area (Å²) in [6.45, 7) is 4.57. The number of para-hydroxylation sites is 2. The van der Waals surface area contributed by atoms with E-state index in [9.17, 15) is 0 Å². The van der Waals surface area contributed by atoms with Gasteiger partial charge in [0.2, 0.25) is 0 Å². The van der Waals surface area contributed by atoms with Crippen LogP contribution in [-0.4, -0.2) is 11.7 Å². The van der Waals surface area contributed by atoms with Gasteiger partial charge < -0.3 is 9.30 Å². The van der Waals surface area contributed by atoms with Gasteiger partial charge in [0, 0.05) is 22.7 Å². The van der Waals surface area contributed by atoms with Crippen molar-refractivity contribution in [2.45, 2.75) is 19.3 Å². The van der Waals surface area contributed by atoms with Crippen LogP contribution in [0.25, 0.3) is 16.6 Å². The Hall–Kier alpha value is -3.00. The maximum Gasteiger partial charge on any atom is 0.118 e. The van der Waals surface area contributed by atoms with Gasteiger partial charge in [0.1, 0.15) is 5.75 Å². The quantitative estimate of drug-likeness (QED) is 0.446. The lowest BCUT2D eigenvalue weighted by Crippen LogP contribution is -2.18. The Morgan fingerprint density at radius 2 is 1.42 bits per heavy atom. The summed E-state index contributed by atoms with van der Waals surface area (Å²) in [7, 11) is 1.70. The molecule has 26 heavy (non-hydrogen) atoms. The lowest BCUT2D eigenvalue weighted by atomic mass is 9.78. The van der Waals surface area contributed by atoms with Gasteiger partial charge in [-0.1, -0.05) is 62.4 Å². The summed E-state index contributed by atoms with van der Waals surface area (Å²) < 4.78 is 7.60. The smallest absolute Gasteiger partial charge is 0.118 e. The molecule has 1 heterocycles. The summed E-state index contributed by atoms with van der Waals surface area (Å²) in [4.78, 5) is 0. The molecule has 2 nitrogen and oxygen atoms in total. The van der Waals surface area contributed by atoms with E-state index in [0.29, 0.717) is 0 Å². The maximum atomic E-state index is 5.32. The minimum absolute atomic E-state index is 0.119. The molecule has 0 aliphatic rings. The predicted molar refractivity (Wildman–Crippen MR) is 108 cm³/mol. The molecule has 0 N–H and O–H groups in total. The molecule has 0 fully saturated rings. The van der Waals surface area contributed by atoms with E-state index in [1.165, 1.54) is 27.7 Å². The molecule has 3 aromatic carbocycles. The molecule has 0 atom stereocenters. The molecule has 0 spiro atoms. The monoisotopic (exact) mass is 341 g/mol. The van der Waals surface area contributed by atoms with Crippen LogP contribution in [0.4, 0.5) is 0 Å². The van der Waals surface area contributed by atoms with Crippen LogP contribution in [0.3, 0.4) is 0 Å². The fourth-order valence-electron chi connectivity index (χ4n) is 3.64. The van der Waals surface area contributed by atoms with Gasteiger partial charge in [-0.25, -0.2) is 0 Å². The van der Waals surface area contributed by atoms with E-state index in [0.717, 1.165) is 5.75 Å². The van der Waals surface area contributed by atoms with E-state index in [1.54, 1.807) is 7.11 Å². The first-order valence-corrected chi connectivity index (χ1v) is 8.92. The largest absolute Gasteiger partial charge is 0.497 e. The van der Waals surface area contributed by atoms with Gasteiger partial charge in [0.25, 0.3) is 0 Å². The van der Waals surface area contributed by atoms with Crippen molar-refractivity contribution in [1.82, 2.24) is 4.57 Å². The van der Waals surface area contributed by atoms with Crippen molar-refractivity contribution in [3.05, 3.63) is 96.2 Å². The van der Waals surface area contributed by atoms with Crippen molar-refractivity contribution in [2.75, 3.05) is 7.11 Å². The first kappa shape index (κ1) is 16.5. The second-order valence-electron chi connectivity index (χ2n) is 7.12. The third-order valence-corrected chi connectivity index (χ3v) is 5.23. The first-order chi connectivity index (χ1) is 12.6. The number of fused-ring (bicyclic) bond motifs is 1. The zero-order valence-corrected chi connectivity index (χ0v) is 15.4. The molecule has 0 saturated heterocycles. The predicted octanol–water partition coefficient (Wildman–Crippen LogP) is 5.97. The standard InChI is InChI=1S/C24H23NO/c1-24(2,18-13-15-20(26-3)16-14-18)22-17-25(19-9-5-4-6-10-19)23-12-8-7-11-21(22)23/h4-17H,1-3H3. The highest BCUT2D eigenvalue weighted by molar-refractivity contribution is 5.87. The zero-order chi connectivity index (χ0) is 18.1. The van der Waals surface area contributed by atoms with E-state index in [1.807, 2.05) is 12.1 Å². The van der Waals surface area contributed by atoms with Crippen molar-refractivity contribution >= 4 is 10.9 Å². The third kappa shape index (κ3) is 2.68. The molecule has 0 radical (unpaired) electrons. The molecule has 0 unspecified atom stereocenters. The number of ether oxygens (including phenoxy) is 1. The SMILES string of the molecule is COc1ccc(C(C)(C)c2cn(-c3ccccc3)c3ccccc23)cc1. The van der Waals surface area contributed by atoms with Gasteiger partial charge in [-0.05, 0) is 41.5 Å². The molecule has 1 aromatic heterocycles. The van der Waals surface area contributed by atoms with Gasteiger partial charge in [0.05, 0.1) is 12.6 Å². The van der Waals surface area contributed by atoms with E-state index in [4.69, 9.17) is 4.74 Å². The molecule has 0 amide bonds. The minimum atomic E-state index is -0.119. The van der Waals surface area contributed by atoms with Crippen LogP contribution in [0.15, 0.2) is 85.1 Å². The van der Waals surface area contributed by atoms with Crippen molar-refractivity contribution < 1.29 is 4.74 Å². The lowest BCUT2D eigenvalue weighted by Gasteiger charge is -2.25. The van der Waals surface area contributed by atoms with Crippen LogP contribution in [0.1, 0.15) is 25.0 Å². The van der Waals surface area contributed by atoms with Gasteiger partial charge in [-0.15, -0.1) is 0 Å². The normalized spacial score (nSPS) is 11.7. The molecule has 4 aromatic rings. The topological polar surface area (TPSA) is 14.2 Å². The highest BCUT2D eigenvalue weighted by Gasteiger charge is 2.27. The molecule has 0 saturated carbocycles. The molecule has 2 heteroatoms. The van der Waals surface area contributed by atoms with Crippen molar-refractivity contribution in [3.8, 4) is 11.4 Å². The van der Waals surface area contributed by atoms with Gasteiger partial charge >= 0.3 is 0 Å². The van der Waals surface area contributed by atoms with E-state index < -0.39 is 0 Å². The molecule has 130 valence electrons. The van der Waals surface area contributed by atoms with E-state index >= 15 is 0 Å². The van der Waals surface area contributed by atoms with Crippen LogP contribution in [0.2, 0.25) is 0 Å². The molecule has 4 rings (SSSR count). The number of hydrogen-bond donors (Lipinski definition) is 0. The van der Waals surface area contributed by atoms with Crippen LogP contribution in [0.5, 0.6) is 5.75 Å². The number of aromatic nitrogens is 1. The zero-order valence-electron chi connectivity index (χ0n) is 15.4. The second kappa shape index (κ2) is 6.38. The number of hydrogen-bond acceptors (Lipinski definition) is 1. The Morgan fingerprint density at radius 3 is 2.12 bits per heavy atom. The Bertz CT molecular complexity index is 1030. The maximum absolute atomic E-state index is 5.32. The van der Waals surface area contributed by atoms with Crippen molar-refractivity contribution in [3.63, 3.8) is 0 Å². The number of methoxy groups -OCH3 is 1. The van der Waals surface area contributed by atoms with Crippen LogP contribution in [0, 0.1) is 0 Å². The Labute approximate surface area is 154 Å². The first-order valence-electron chi connectivity index (χ1n) is 8.92. The summed E-state index contributed by atoms with van der Waals surface area (Å²) in [5, 5.41) is 1.29. The number of rotatable bonds is 4. The molecular formula is C24H23NO. The second-order valence-corrected chi connectivity index (χ2v) is 7.12. The average molecular weight is 341 g/mol. The Balaban J connectivity index is 1.90. The molecule has 0 aliphatic carbocycles. The Kier molecular flexibility index (Phi) is 4.04. The molecular weight excluding hydrogens is 318 g/mol. The van der Waals surface area contributed by atoms with Crippen LogP contribution < -0.4 is 4.74 Å². The van der Waals surface area contributed by atoms with E-state index in [-0.39, 0.29) is 5.41 Å². The third-order valence-electron chi connectivity index (χ3n) is 5.23. The highest BCUT2D eigenvalue weighted by Crippen LogP contribution is 2.38. The van der Waals surface area contributed by atoms with Crippen LogP contribution >= 0.6 is 0 Å². The van der Waals surface area contributed by atoms with Gasteiger partial charge in [0.15, 0.2) is 0 Å².